The highest BCUT2D eigenvalue weighted by Gasteiger charge is 2.38. The Labute approximate surface area is 152 Å². The van der Waals surface area contributed by atoms with Gasteiger partial charge in [-0.25, -0.2) is 12.8 Å². The zero-order valence-corrected chi connectivity index (χ0v) is 15.9. The predicted octanol–water partition coefficient (Wildman–Crippen LogP) is 2.19. The number of carbonyl (C=O) groups is 1. The van der Waals surface area contributed by atoms with E-state index in [9.17, 15) is 17.6 Å². The molecule has 2 fully saturated rings. The van der Waals surface area contributed by atoms with Crippen LogP contribution in [0.4, 0.5) is 4.39 Å². The van der Waals surface area contributed by atoms with E-state index in [4.69, 9.17) is 0 Å². The quantitative estimate of drug-likeness (QED) is 0.586. The molecule has 0 spiro atoms. The van der Waals surface area contributed by atoms with Gasteiger partial charge in [0.15, 0.2) is 9.84 Å². The fraction of sp³-hybridized carbons (Fsp3) is 0.588. The van der Waals surface area contributed by atoms with Gasteiger partial charge in [-0.05, 0) is 49.8 Å². The second-order valence-corrected chi connectivity index (χ2v) is 9.69. The summed E-state index contributed by atoms with van der Waals surface area (Å²) in [7, 11) is -3.54. The van der Waals surface area contributed by atoms with Crippen LogP contribution in [-0.4, -0.2) is 61.2 Å². The first-order valence-electron chi connectivity index (χ1n) is 8.49. The molecule has 1 aromatic rings. The molecule has 3 rings (SSSR count). The highest BCUT2D eigenvalue weighted by Crippen LogP contribution is 2.28. The van der Waals surface area contributed by atoms with Gasteiger partial charge in [0.1, 0.15) is 5.82 Å². The van der Waals surface area contributed by atoms with Crippen LogP contribution in [0.5, 0.6) is 0 Å². The first-order chi connectivity index (χ1) is 11.9. The van der Waals surface area contributed by atoms with E-state index in [1.54, 1.807) is 16.8 Å². The van der Waals surface area contributed by atoms with E-state index in [1.807, 2.05) is 6.26 Å². The summed E-state index contributed by atoms with van der Waals surface area (Å²) in [6, 6.07) is 4.91. The molecule has 0 saturated carbocycles. The standard InChI is InChI=1S/C17H23FN2O3S2/c1-24-20-10-6-13(7-11-20)17(21)19-9-8-16(12-19)25(22,23)15-4-2-14(18)3-5-15/h2-5,13,16H,6-12H2,1H3/t16-/m0/s1. The fourth-order valence-electron chi connectivity index (χ4n) is 3.54. The van der Waals surface area contributed by atoms with E-state index < -0.39 is 20.9 Å². The molecule has 0 radical (unpaired) electrons. The molecule has 25 heavy (non-hydrogen) atoms. The highest BCUT2D eigenvalue weighted by atomic mass is 32.2. The maximum Gasteiger partial charge on any atom is 0.225 e. The monoisotopic (exact) mass is 386 g/mol. The molecule has 2 aliphatic rings. The Hall–Kier alpha value is -1.12. The minimum atomic E-state index is -3.54. The van der Waals surface area contributed by atoms with Crippen molar-refractivity contribution in [1.82, 2.24) is 9.21 Å². The number of hydrogen-bond acceptors (Lipinski definition) is 5. The number of hydrogen-bond donors (Lipinski definition) is 0. The molecule has 0 aliphatic carbocycles. The van der Waals surface area contributed by atoms with Gasteiger partial charge in [0.05, 0.1) is 10.1 Å². The number of carbonyl (C=O) groups excluding carboxylic acids is 1. The van der Waals surface area contributed by atoms with Crippen molar-refractivity contribution in [3.8, 4) is 0 Å². The minimum Gasteiger partial charge on any atom is -0.341 e. The van der Waals surface area contributed by atoms with Gasteiger partial charge >= 0.3 is 0 Å². The van der Waals surface area contributed by atoms with Gasteiger partial charge in [-0.3, -0.25) is 9.10 Å². The van der Waals surface area contributed by atoms with Gasteiger partial charge in [-0.1, -0.05) is 11.9 Å². The molecule has 2 aliphatic heterocycles. The fourth-order valence-corrected chi connectivity index (χ4v) is 5.81. The van der Waals surface area contributed by atoms with Crippen LogP contribution in [0.2, 0.25) is 0 Å². The molecule has 1 atom stereocenters. The summed E-state index contributed by atoms with van der Waals surface area (Å²) < 4.78 is 40.7. The van der Waals surface area contributed by atoms with Crippen LogP contribution in [0.25, 0.3) is 0 Å². The van der Waals surface area contributed by atoms with Crippen molar-refractivity contribution in [2.24, 2.45) is 5.92 Å². The molecule has 0 aromatic heterocycles. The number of nitrogens with zero attached hydrogens (tertiary/aromatic N) is 2. The summed E-state index contributed by atoms with van der Waals surface area (Å²) in [5.74, 6) is -0.382. The Bertz CT molecular complexity index is 716. The lowest BCUT2D eigenvalue weighted by molar-refractivity contribution is -0.135. The third-order valence-corrected chi connectivity index (χ3v) is 8.17. The smallest absolute Gasteiger partial charge is 0.225 e. The van der Waals surface area contributed by atoms with Crippen LogP contribution < -0.4 is 0 Å². The molecule has 8 heteroatoms. The molecule has 0 N–H and O–H groups in total. The molecule has 0 bridgehead atoms. The minimum absolute atomic E-state index is 0.00400. The van der Waals surface area contributed by atoms with Crippen LogP contribution in [0.15, 0.2) is 29.2 Å². The number of piperidine rings is 1. The lowest BCUT2D eigenvalue weighted by Gasteiger charge is -2.31. The number of rotatable bonds is 4. The van der Waals surface area contributed by atoms with Crippen molar-refractivity contribution >= 4 is 27.7 Å². The average molecular weight is 387 g/mol. The third-order valence-electron chi connectivity index (χ3n) is 5.10. The van der Waals surface area contributed by atoms with E-state index in [0.717, 1.165) is 38.1 Å². The Morgan fingerprint density at radius 2 is 1.76 bits per heavy atom. The SMILES string of the molecule is CSN1CCC(C(=O)N2CC[C@H](S(=O)(=O)c3ccc(F)cc3)C2)CC1. The molecule has 1 amide bonds. The van der Waals surface area contributed by atoms with Crippen molar-refractivity contribution in [1.29, 1.82) is 0 Å². The van der Waals surface area contributed by atoms with E-state index in [-0.39, 0.29) is 23.3 Å². The van der Waals surface area contributed by atoms with E-state index in [2.05, 4.69) is 4.31 Å². The summed E-state index contributed by atoms with van der Waals surface area (Å²) in [5.41, 5.74) is 0. The molecule has 2 heterocycles. The molecule has 1 aromatic carbocycles. The van der Waals surface area contributed by atoms with Gasteiger partial charge in [0.2, 0.25) is 5.91 Å². The first-order valence-corrected chi connectivity index (χ1v) is 11.2. The van der Waals surface area contributed by atoms with Gasteiger partial charge in [-0.2, -0.15) is 0 Å². The lowest BCUT2D eigenvalue weighted by atomic mass is 9.97. The van der Waals surface area contributed by atoms with Crippen LogP contribution in [0, 0.1) is 11.7 Å². The van der Waals surface area contributed by atoms with Crippen LogP contribution in [0.3, 0.4) is 0 Å². The summed E-state index contributed by atoms with van der Waals surface area (Å²) in [6.45, 7) is 2.50. The molecule has 2 saturated heterocycles. The summed E-state index contributed by atoms with van der Waals surface area (Å²) >= 11 is 1.70. The van der Waals surface area contributed by atoms with Crippen LogP contribution in [0.1, 0.15) is 19.3 Å². The Morgan fingerprint density at radius 1 is 1.12 bits per heavy atom. The number of sulfone groups is 1. The molecule has 138 valence electrons. The molecule has 5 nitrogen and oxygen atoms in total. The van der Waals surface area contributed by atoms with Gasteiger partial charge < -0.3 is 4.90 Å². The van der Waals surface area contributed by atoms with E-state index in [1.165, 1.54) is 12.1 Å². The summed E-state index contributed by atoms with van der Waals surface area (Å²) in [4.78, 5) is 14.5. The highest BCUT2D eigenvalue weighted by molar-refractivity contribution is 7.96. The van der Waals surface area contributed by atoms with Crippen molar-refractivity contribution in [2.75, 3.05) is 32.4 Å². The Balaban J connectivity index is 1.63. The van der Waals surface area contributed by atoms with Crippen LogP contribution >= 0.6 is 11.9 Å². The van der Waals surface area contributed by atoms with E-state index >= 15 is 0 Å². The van der Waals surface area contributed by atoms with Crippen molar-refractivity contribution in [3.63, 3.8) is 0 Å². The predicted molar refractivity (Wildman–Crippen MR) is 96.4 cm³/mol. The number of likely N-dealkylation sites (tertiary alicyclic amines) is 1. The number of benzene rings is 1. The average Bonchev–Trinajstić information content (AvgIpc) is 3.12. The lowest BCUT2D eigenvalue weighted by Crippen LogP contribution is -2.40. The first kappa shape index (κ1) is 18.7. The molecule has 0 unspecified atom stereocenters. The second kappa shape index (κ2) is 7.63. The van der Waals surface area contributed by atoms with Crippen molar-refractivity contribution in [3.05, 3.63) is 30.1 Å². The third kappa shape index (κ3) is 4.01. The zero-order chi connectivity index (χ0) is 18.0. The van der Waals surface area contributed by atoms with Crippen LogP contribution in [-0.2, 0) is 14.6 Å². The van der Waals surface area contributed by atoms with Gasteiger partial charge in [0, 0.05) is 32.1 Å². The van der Waals surface area contributed by atoms with Gasteiger partial charge in [-0.15, -0.1) is 0 Å². The van der Waals surface area contributed by atoms with Crippen molar-refractivity contribution < 1.29 is 17.6 Å². The number of halogens is 1. The second-order valence-electron chi connectivity index (χ2n) is 6.58. The van der Waals surface area contributed by atoms with Crippen molar-refractivity contribution in [2.45, 2.75) is 29.4 Å². The number of amides is 1. The zero-order valence-electron chi connectivity index (χ0n) is 14.2. The molecular weight excluding hydrogens is 363 g/mol. The van der Waals surface area contributed by atoms with Gasteiger partial charge in [0.25, 0.3) is 0 Å². The molecular formula is C17H23FN2O3S2. The maximum absolute atomic E-state index is 13.0. The summed E-state index contributed by atoms with van der Waals surface area (Å²) in [6.07, 6.45) is 4.12. The summed E-state index contributed by atoms with van der Waals surface area (Å²) in [5, 5.41) is -0.604. The largest absolute Gasteiger partial charge is 0.341 e. The van der Waals surface area contributed by atoms with E-state index in [0.29, 0.717) is 13.0 Å². The Morgan fingerprint density at radius 3 is 2.36 bits per heavy atom. The normalized spacial score (nSPS) is 23.1. The Kier molecular flexibility index (Phi) is 5.70. The maximum atomic E-state index is 13.0. The topological polar surface area (TPSA) is 57.7 Å².